The fourth-order valence-corrected chi connectivity index (χ4v) is 2.90. The molecule has 1 saturated heterocycles. The van der Waals surface area contributed by atoms with Gasteiger partial charge < -0.3 is 9.64 Å². The molecule has 0 N–H and O–H groups in total. The first-order valence-corrected chi connectivity index (χ1v) is 7.88. The third-order valence-electron chi connectivity index (χ3n) is 3.60. The molecule has 0 bridgehead atoms. The molecule has 1 aromatic heterocycles. The number of hydrogen-bond acceptors (Lipinski definition) is 5. The van der Waals surface area contributed by atoms with E-state index >= 15 is 0 Å². The molecule has 0 spiro atoms. The van der Waals surface area contributed by atoms with E-state index in [0.717, 1.165) is 12.8 Å². The number of rotatable bonds is 4. The molecule has 1 unspecified atom stereocenters. The Hall–Kier alpha value is -1.79. The maximum absolute atomic E-state index is 12.3. The highest BCUT2D eigenvalue weighted by Crippen LogP contribution is 2.14. The summed E-state index contributed by atoms with van der Waals surface area (Å²) in [5, 5.41) is 5.54. The SMILES string of the molecule is O=C(c1csnn1)N1CCOC(CCc2ccccc2)C1. The molecule has 1 aliphatic rings. The van der Waals surface area contributed by atoms with E-state index < -0.39 is 0 Å². The second-order valence-electron chi connectivity index (χ2n) is 5.06. The van der Waals surface area contributed by atoms with Crippen molar-refractivity contribution in [3.05, 3.63) is 47.0 Å². The highest BCUT2D eigenvalue weighted by Gasteiger charge is 2.26. The van der Waals surface area contributed by atoms with Gasteiger partial charge >= 0.3 is 0 Å². The zero-order valence-electron chi connectivity index (χ0n) is 11.6. The predicted molar refractivity (Wildman–Crippen MR) is 80.3 cm³/mol. The van der Waals surface area contributed by atoms with Gasteiger partial charge in [0.25, 0.3) is 5.91 Å². The van der Waals surface area contributed by atoms with Crippen LogP contribution >= 0.6 is 11.5 Å². The van der Waals surface area contributed by atoms with Crippen molar-refractivity contribution in [2.24, 2.45) is 0 Å². The van der Waals surface area contributed by atoms with E-state index in [1.807, 2.05) is 23.1 Å². The smallest absolute Gasteiger partial charge is 0.275 e. The molecule has 1 amide bonds. The molecule has 0 radical (unpaired) electrons. The fraction of sp³-hybridized carbons (Fsp3) is 0.400. The van der Waals surface area contributed by atoms with Gasteiger partial charge in [-0.25, -0.2) is 0 Å². The number of aromatic nitrogens is 2. The molecule has 3 rings (SSSR count). The molecule has 1 aromatic carbocycles. The molecule has 1 atom stereocenters. The van der Waals surface area contributed by atoms with Crippen LogP contribution in [0.25, 0.3) is 0 Å². The maximum Gasteiger partial charge on any atom is 0.275 e. The lowest BCUT2D eigenvalue weighted by atomic mass is 10.1. The third kappa shape index (κ3) is 3.65. The second-order valence-corrected chi connectivity index (χ2v) is 5.67. The van der Waals surface area contributed by atoms with Crippen LogP contribution in [0.4, 0.5) is 0 Å². The summed E-state index contributed by atoms with van der Waals surface area (Å²) in [6.45, 7) is 1.84. The van der Waals surface area contributed by atoms with Gasteiger partial charge in [0.1, 0.15) is 0 Å². The molecular formula is C15H17N3O2S. The van der Waals surface area contributed by atoms with Crippen LogP contribution in [0.5, 0.6) is 0 Å². The Morgan fingerprint density at radius 1 is 1.38 bits per heavy atom. The van der Waals surface area contributed by atoms with Crippen molar-refractivity contribution in [2.45, 2.75) is 18.9 Å². The number of aryl methyl sites for hydroxylation is 1. The first-order chi connectivity index (χ1) is 10.3. The average molecular weight is 303 g/mol. The van der Waals surface area contributed by atoms with Crippen molar-refractivity contribution < 1.29 is 9.53 Å². The Kier molecular flexibility index (Phi) is 4.57. The van der Waals surface area contributed by atoms with E-state index in [4.69, 9.17) is 4.74 Å². The molecular weight excluding hydrogens is 286 g/mol. The van der Waals surface area contributed by atoms with Crippen LogP contribution in [0.2, 0.25) is 0 Å². The van der Waals surface area contributed by atoms with E-state index in [0.29, 0.717) is 25.4 Å². The molecule has 6 heteroatoms. The second kappa shape index (κ2) is 6.78. The van der Waals surface area contributed by atoms with Gasteiger partial charge in [0.15, 0.2) is 5.69 Å². The quantitative estimate of drug-likeness (QED) is 0.867. The Morgan fingerprint density at radius 3 is 3.00 bits per heavy atom. The maximum atomic E-state index is 12.3. The summed E-state index contributed by atoms with van der Waals surface area (Å²) >= 11 is 1.20. The van der Waals surface area contributed by atoms with Crippen molar-refractivity contribution in [1.82, 2.24) is 14.5 Å². The largest absolute Gasteiger partial charge is 0.375 e. The summed E-state index contributed by atoms with van der Waals surface area (Å²) in [6.07, 6.45) is 1.98. The Balaban J connectivity index is 1.55. The third-order valence-corrected chi connectivity index (χ3v) is 4.11. The van der Waals surface area contributed by atoms with Gasteiger partial charge in [-0.15, -0.1) is 5.10 Å². The van der Waals surface area contributed by atoms with Crippen LogP contribution in [-0.4, -0.2) is 46.2 Å². The summed E-state index contributed by atoms with van der Waals surface area (Å²) in [6, 6.07) is 10.3. The monoisotopic (exact) mass is 303 g/mol. The molecule has 5 nitrogen and oxygen atoms in total. The summed E-state index contributed by atoms with van der Waals surface area (Å²) in [7, 11) is 0. The zero-order chi connectivity index (χ0) is 14.5. The number of benzene rings is 1. The summed E-state index contributed by atoms with van der Waals surface area (Å²) in [5.41, 5.74) is 1.73. The lowest BCUT2D eigenvalue weighted by Crippen LogP contribution is -2.45. The van der Waals surface area contributed by atoms with E-state index in [1.165, 1.54) is 17.1 Å². The number of nitrogens with zero attached hydrogens (tertiary/aromatic N) is 3. The van der Waals surface area contributed by atoms with Crippen LogP contribution in [-0.2, 0) is 11.2 Å². The standard InChI is InChI=1S/C15H17N3O2S/c19-15(14-11-21-17-16-14)18-8-9-20-13(10-18)7-6-12-4-2-1-3-5-12/h1-5,11,13H,6-10H2. The number of amides is 1. The van der Waals surface area contributed by atoms with Crippen LogP contribution in [0, 0.1) is 0 Å². The van der Waals surface area contributed by atoms with E-state index in [9.17, 15) is 4.79 Å². The molecule has 1 aliphatic heterocycles. The summed E-state index contributed by atoms with van der Waals surface area (Å²) in [4.78, 5) is 14.1. The van der Waals surface area contributed by atoms with Gasteiger partial charge in [-0.05, 0) is 29.9 Å². The van der Waals surface area contributed by atoms with Gasteiger partial charge in [0, 0.05) is 18.5 Å². The fourth-order valence-electron chi connectivity index (χ4n) is 2.47. The molecule has 110 valence electrons. The van der Waals surface area contributed by atoms with Crippen LogP contribution < -0.4 is 0 Å². The number of carbonyl (C=O) groups excluding carboxylic acids is 1. The summed E-state index contributed by atoms with van der Waals surface area (Å²) < 4.78 is 9.52. The zero-order valence-corrected chi connectivity index (χ0v) is 12.5. The number of morpholine rings is 1. The predicted octanol–water partition coefficient (Wildman–Crippen LogP) is 2.01. The molecule has 2 aromatic rings. The lowest BCUT2D eigenvalue weighted by molar-refractivity contribution is -0.0247. The van der Waals surface area contributed by atoms with Gasteiger partial charge in [0.2, 0.25) is 0 Å². The molecule has 0 aliphatic carbocycles. The van der Waals surface area contributed by atoms with Gasteiger partial charge in [0.05, 0.1) is 12.7 Å². The van der Waals surface area contributed by atoms with Crippen molar-refractivity contribution >= 4 is 17.4 Å². The van der Waals surface area contributed by atoms with Crippen LogP contribution in [0.15, 0.2) is 35.7 Å². The average Bonchev–Trinajstić information content (AvgIpc) is 3.08. The Morgan fingerprint density at radius 2 is 2.24 bits per heavy atom. The Labute approximate surface area is 127 Å². The lowest BCUT2D eigenvalue weighted by Gasteiger charge is -2.32. The molecule has 1 fully saturated rings. The van der Waals surface area contributed by atoms with Crippen molar-refractivity contribution in [3.63, 3.8) is 0 Å². The van der Waals surface area contributed by atoms with Crippen molar-refractivity contribution in [1.29, 1.82) is 0 Å². The van der Waals surface area contributed by atoms with Crippen LogP contribution in [0.1, 0.15) is 22.5 Å². The minimum Gasteiger partial charge on any atom is -0.375 e. The highest BCUT2D eigenvalue weighted by atomic mass is 32.1. The number of carbonyl (C=O) groups is 1. The van der Waals surface area contributed by atoms with Crippen LogP contribution in [0.3, 0.4) is 0 Å². The first kappa shape index (κ1) is 14.2. The number of hydrogen-bond donors (Lipinski definition) is 0. The van der Waals surface area contributed by atoms with Gasteiger partial charge in [-0.3, -0.25) is 4.79 Å². The van der Waals surface area contributed by atoms with Gasteiger partial charge in [-0.1, -0.05) is 34.8 Å². The van der Waals surface area contributed by atoms with E-state index in [-0.39, 0.29) is 12.0 Å². The first-order valence-electron chi connectivity index (χ1n) is 7.05. The molecule has 2 heterocycles. The van der Waals surface area contributed by atoms with E-state index in [2.05, 4.69) is 21.7 Å². The van der Waals surface area contributed by atoms with Crippen molar-refractivity contribution in [3.8, 4) is 0 Å². The summed E-state index contributed by atoms with van der Waals surface area (Å²) in [5.74, 6) is -0.0447. The topological polar surface area (TPSA) is 55.3 Å². The molecule has 0 saturated carbocycles. The normalized spacial score (nSPS) is 18.7. The number of ether oxygens (including phenoxy) is 1. The minimum atomic E-state index is -0.0447. The van der Waals surface area contributed by atoms with E-state index in [1.54, 1.807) is 5.38 Å². The minimum absolute atomic E-state index is 0.0447. The molecule has 21 heavy (non-hydrogen) atoms. The Bertz CT molecular complexity index is 574. The van der Waals surface area contributed by atoms with Crippen molar-refractivity contribution in [2.75, 3.05) is 19.7 Å². The van der Waals surface area contributed by atoms with Gasteiger partial charge in [-0.2, -0.15) is 0 Å². The highest BCUT2D eigenvalue weighted by molar-refractivity contribution is 7.03.